The minimum atomic E-state index is -2.80. The number of nitrogens with one attached hydrogen (secondary N) is 1. The maximum Gasteiger partial charge on any atom is 0.192 e. The molecule has 1 atom stereocenters. The zero-order chi connectivity index (χ0) is 24.4. The van der Waals surface area contributed by atoms with Gasteiger partial charge in [-0.2, -0.15) is 5.09 Å². The van der Waals surface area contributed by atoms with Crippen molar-refractivity contribution in [3.05, 3.63) is 86.7 Å². The topological polar surface area (TPSA) is 61.7 Å². The Hall–Kier alpha value is -0.726. The molecule has 1 aliphatic rings. The van der Waals surface area contributed by atoms with Gasteiger partial charge in [0.05, 0.1) is 13.3 Å². The molecule has 0 saturated heterocycles. The summed E-state index contributed by atoms with van der Waals surface area (Å²) in [6, 6.07) is 21.5. The fourth-order valence-electron chi connectivity index (χ4n) is 3.16. The van der Waals surface area contributed by atoms with Gasteiger partial charge in [-0.05, 0) is 30.7 Å². The number of rotatable bonds is 6. The summed E-state index contributed by atoms with van der Waals surface area (Å²) in [6.07, 6.45) is 15.9. The van der Waals surface area contributed by atoms with E-state index in [9.17, 15) is 4.21 Å². The van der Waals surface area contributed by atoms with E-state index in [1.807, 2.05) is 13.3 Å². The summed E-state index contributed by atoms with van der Waals surface area (Å²) in [7, 11) is -4.51. The van der Waals surface area contributed by atoms with E-state index in [0.717, 1.165) is 6.54 Å². The maximum atomic E-state index is 10.4. The van der Waals surface area contributed by atoms with Gasteiger partial charge in [0.1, 0.15) is 26.8 Å². The molecule has 2 aromatic rings. The van der Waals surface area contributed by atoms with Crippen LogP contribution >= 0.6 is 16.1 Å². The molecule has 3 rings (SSSR count). The third kappa shape index (κ3) is 20.1. The van der Waals surface area contributed by atoms with Crippen LogP contribution in [0.1, 0.15) is 45.4 Å². The fraction of sp³-hybridized carbons (Fsp3) is 0.407. The second-order valence-electron chi connectivity index (χ2n) is 8.14. The van der Waals surface area contributed by atoms with Gasteiger partial charge in [-0.15, -0.1) is 12.8 Å². The molecule has 1 aliphatic carbocycles. The summed E-state index contributed by atoms with van der Waals surface area (Å²) in [6.45, 7) is 7.02. The number of benzene rings is 2. The van der Waals surface area contributed by atoms with Crippen molar-refractivity contribution in [2.75, 3.05) is 26.1 Å². The number of allylic oxidation sites excluding steroid dienone is 2. The molecule has 4 nitrogen and oxygen atoms in total. The van der Waals surface area contributed by atoms with Gasteiger partial charge in [-0.25, -0.2) is 22.8 Å². The fourth-order valence-corrected chi connectivity index (χ4v) is 8.16. The molecule has 0 saturated carbocycles. The van der Waals surface area contributed by atoms with Crippen LogP contribution in [0.15, 0.2) is 76.9 Å². The number of nitrogens with zero attached hydrogens (tertiary/aromatic N) is 1. The molecule has 0 spiro atoms. The molecular weight excluding hydrogens is 537 g/mol. The van der Waals surface area contributed by atoms with Crippen LogP contribution in [0.2, 0.25) is 0 Å². The first kappa shape index (κ1) is 36.4. The van der Waals surface area contributed by atoms with E-state index < -0.39 is 26.2 Å². The van der Waals surface area contributed by atoms with Crippen LogP contribution in [0.4, 0.5) is 0 Å². The van der Waals surface area contributed by atoms with Crippen molar-refractivity contribution in [2.45, 2.75) is 45.4 Å². The average molecular weight is 583 g/mol. The van der Waals surface area contributed by atoms with Crippen LogP contribution in [0.5, 0.6) is 0 Å². The summed E-state index contributed by atoms with van der Waals surface area (Å²) < 4.78 is 22.6. The minimum absolute atomic E-state index is 0. The van der Waals surface area contributed by atoms with Crippen LogP contribution in [-0.4, -0.2) is 34.9 Å². The monoisotopic (exact) mass is 582 g/mol. The smallest absolute Gasteiger partial charge is 0.192 e. The molecule has 8 heteroatoms. The third-order valence-corrected chi connectivity index (χ3v) is 9.78. The predicted octanol–water partition coefficient (Wildman–Crippen LogP) is 6.87. The largest absolute Gasteiger partial charge is 0.358 e. The normalized spacial score (nSPS) is 15.1. The molecule has 0 heterocycles. The zero-order valence-electron chi connectivity index (χ0n) is 22.0. The van der Waals surface area contributed by atoms with Gasteiger partial charge < -0.3 is 7.43 Å². The van der Waals surface area contributed by atoms with Gasteiger partial charge >= 0.3 is 0 Å². The van der Waals surface area contributed by atoms with Crippen LogP contribution in [0.3, 0.4) is 0 Å². The molecule has 0 radical (unpaired) electrons. The minimum Gasteiger partial charge on any atom is -0.358 e. The first-order valence-corrected chi connectivity index (χ1v) is 17.6. The molecule has 0 bridgehead atoms. The van der Waals surface area contributed by atoms with Crippen LogP contribution in [0, 0.1) is 13.8 Å². The van der Waals surface area contributed by atoms with Crippen molar-refractivity contribution in [2.24, 2.45) is 4.13 Å². The Bertz CT molecular complexity index is 833. The van der Waals surface area contributed by atoms with E-state index in [0.29, 0.717) is 0 Å². The van der Waals surface area contributed by atoms with Crippen molar-refractivity contribution in [1.82, 2.24) is 5.09 Å². The Morgan fingerprint density at radius 2 is 1.54 bits per heavy atom. The molecule has 0 amide bonds. The molecule has 0 fully saturated rings. The second-order valence-corrected chi connectivity index (χ2v) is 14.5. The molecule has 0 aromatic heterocycles. The summed E-state index contributed by atoms with van der Waals surface area (Å²) >= 11 is 0. The van der Waals surface area contributed by atoms with Gasteiger partial charge in [-0.3, -0.25) is 4.55 Å². The van der Waals surface area contributed by atoms with Gasteiger partial charge in [0.25, 0.3) is 0 Å². The summed E-state index contributed by atoms with van der Waals surface area (Å²) in [5, 5.41) is 6.56. The molecule has 0 aliphatic heterocycles. The first-order valence-electron chi connectivity index (χ1n) is 11.8. The Morgan fingerprint density at radius 1 is 1.00 bits per heavy atom. The number of hydrogen-bond donors (Lipinski definition) is 2. The maximum absolute atomic E-state index is 10.4. The van der Waals surface area contributed by atoms with E-state index in [-0.39, 0.29) is 23.9 Å². The van der Waals surface area contributed by atoms with E-state index in [1.54, 1.807) is 0 Å². The van der Waals surface area contributed by atoms with Crippen molar-refractivity contribution in [3.63, 3.8) is 0 Å². The van der Waals surface area contributed by atoms with Crippen LogP contribution < -0.4 is 15.7 Å². The van der Waals surface area contributed by atoms with E-state index in [4.69, 9.17) is 4.55 Å². The zero-order valence-corrected chi connectivity index (χ0v) is 25.8. The molecule has 35 heavy (non-hydrogen) atoms. The van der Waals surface area contributed by atoms with Crippen molar-refractivity contribution in [3.8, 4) is 0 Å². The van der Waals surface area contributed by atoms with Crippen LogP contribution in [0.25, 0.3) is 0 Å². The van der Waals surface area contributed by atoms with Crippen LogP contribution in [-0.2, 0) is 26.5 Å². The Balaban J connectivity index is 0. The first-order chi connectivity index (χ1) is 15.8. The van der Waals surface area contributed by atoms with E-state index in [1.165, 1.54) is 55.4 Å². The summed E-state index contributed by atoms with van der Waals surface area (Å²) in [5.74, 6) is 0. The summed E-state index contributed by atoms with van der Waals surface area (Å²) in [5.41, 5.74) is 0. The van der Waals surface area contributed by atoms with E-state index >= 15 is 0 Å². The van der Waals surface area contributed by atoms with E-state index in [2.05, 4.69) is 95.4 Å². The third-order valence-electron chi connectivity index (χ3n) is 4.54. The Kier molecular flexibility index (Phi) is 23.4. The van der Waals surface area contributed by atoms with Gasteiger partial charge in [0.15, 0.2) is 10.0 Å². The average Bonchev–Trinajstić information content (AvgIpc) is 2.74. The Labute approximate surface area is 228 Å². The standard InChI is InChI=1S/C15H18NP.C8H13.C3H10NO2PS.CH3.Ni/c1-2-13-16-17(14-9-5-3-6-10-14)15-11-7-4-8-12-15;1-2-4-6-8-7-5-3-1;1-7(2)4-8(3,5)6;;/h3-12,16H,2,13H2,1H3;1-3H,4-8H2;1-3H3,(H,4,5,6);1H3;/q;-1;;-1;/p+2/b;2-1+;;;. The SMILES string of the molecule is C1=C/CCCCC[CH-]/1.CCCN[PH+](c1ccccc1)c1ccccc1.C[PH+](C)N=S(C)(=O)O.[CH3-].[Ni]. The second kappa shape index (κ2) is 22.5. The van der Waals surface area contributed by atoms with Crippen molar-refractivity contribution in [1.29, 1.82) is 0 Å². The molecule has 202 valence electrons. The van der Waals surface area contributed by atoms with Gasteiger partial charge in [0, 0.05) is 29.3 Å². The van der Waals surface area contributed by atoms with Gasteiger partial charge in [0.2, 0.25) is 0 Å². The van der Waals surface area contributed by atoms with Crippen molar-refractivity contribution >= 4 is 36.8 Å². The molecule has 2 N–H and O–H groups in total. The van der Waals surface area contributed by atoms with Gasteiger partial charge in [-0.1, -0.05) is 66.7 Å². The number of hydrogen-bond acceptors (Lipinski definition) is 3. The predicted molar refractivity (Wildman–Crippen MR) is 161 cm³/mol. The molecular formula is C27H46N2NiO2P2S. The summed E-state index contributed by atoms with van der Waals surface area (Å²) in [4.78, 5) is 0. The molecule has 2 aromatic carbocycles. The molecule has 1 unspecified atom stereocenters. The quantitative estimate of drug-likeness (QED) is 0.222. The van der Waals surface area contributed by atoms with Crippen molar-refractivity contribution < 1.29 is 25.3 Å². The Morgan fingerprint density at radius 3 is 1.97 bits per heavy atom.